The molecule has 0 spiro atoms. The molecule has 1 aromatic carbocycles. The summed E-state index contributed by atoms with van der Waals surface area (Å²) in [5, 5.41) is 13.8. The zero-order valence-corrected chi connectivity index (χ0v) is 15.7. The molecule has 1 aliphatic rings. The lowest BCUT2D eigenvalue weighted by Crippen LogP contribution is -2.36. The Morgan fingerprint density at radius 3 is 2.79 bits per heavy atom. The van der Waals surface area contributed by atoms with Crippen LogP contribution in [-0.4, -0.2) is 46.9 Å². The van der Waals surface area contributed by atoms with Crippen LogP contribution in [0, 0.1) is 0 Å². The second-order valence-electron chi connectivity index (χ2n) is 7.03. The predicted molar refractivity (Wildman–Crippen MR) is 103 cm³/mol. The molecule has 8 heteroatoms. The standard InChI is InChI=1S/C20H19N7O/c1-25-12-21-23-19(25)18-14-11-27(10-9-17(14)26(2)24-18)20(28)16-8-7-13-5-3-4-6-15(13)22-16/h3-8,12H,9-11H2,1-2H3. The van der Waals surface area contributed by atoms with Gasteiger partial charge in [0.1, 0.15) is 17.7 Å². The minimum atomic E-state index is -0.0656. The molecular weight excluding hydrogens is 354 g/mol. The number of rotatable bonds is 2. The van der Waals surface area contributed by atoms with Crippen LogP contribution >= 0.6 is 0 Å². The first kappa shape index (κ1) is 16.6. The maximum Gasteiger partial charge on any atom is 0.272 e. The molecule has 4 aromatic rings. The summed E-state index contributed by atoms with van der Waals surface area (Å²) < 4.78 is 3.73. The Morgan fingerprint density at radius 2 is 1.96 bits per heavy atom. The van der Waals surface area contributed by atoms with Gasteiger partial charge in [-0.05, 0) is 12.1 Å². The van der Waals surface area contributed by atoms with Gasteiger partial charge in [-0.15, -0.1) is 10.2 Å². The number of amides is 1. The fourth-order valence-electron chi connectivity index (χ4n) is 3.79. The average molecular weight is 373 g/mol. The Hall–Kier alpha value is -3.55. The van der Waals surface area contributed by atoms with E-state index >= 15 is 0 Å². The number of fused-ring (bicyclic) bond motifs is 2. The van der Waals surface area contributed by atoms with Crippen molar-refractivity contribution in [2.45, 2.75) is 13.0 Å². The summed E-state index contributed by atoms with van der Waals surface area (Å²) >= 11 is 0. The number of pyridine rings is 1. The van der Waals surface area contributed by atoms with Gasteiger partial charge in [-0.1, -0.05) is 24.3 Å². The van der Waals surface area contributed by atoms with E-state index in [1.54, 1.807) is 12.4 Å². The number of aromatic nitrogens is 6. The molecular formula is C20H19N7O. The van der Waals surface area contributed by atoms with Gasteiger partial charge in [-0.25, -0.2) is 4.98 Å². The molecule has 0 fully saturated rings. The molecule has 0 saturated heterocycles. The molecule has 0 atom stereocenters. The number of carbonyl (C=O) groups excluding carboxylic acids is 1. The highest BCUT2D eigenvalue weighted by atomic mass is 16.2. The van der Waals surface area contributed by atoms with Crippen LogP contribution in [0.1, 0.15) is 21.7 Å². The summed E-state index contributed by atoms with van der Waals surface area (Å²) in [5.41, 5.74) is 4.23. The van der Waals surface area contributed by atoms with E-state index in [0.717, 1.165) is 34.3 Å². The molecule has 0 unspecified atom stereocenters. The minimum absolute atomic E-state index is 0.0656. The zero-order chi connectivity index (χ0) is 19.3. The lowest BCUT2D eigenvalue weighted by atomic mass is 10.0. The topological polar surface area (TPSA) is 81.7 Å². The first-order valence-electron chi connectivity index (χ1n) is 9.16. The van der Waals surface area contributed by atoms with Gasteiger partial charge in [0, 0.05) is 43.7 Å². The molecule has 0 aliphatic carbocycles. The quantitative estimate of drug-likeness (QED) is 0.536. The van der Waals surface area contributed by atoms with Gasteiger partial charge in [0.15, 0.2) is 5.82 Å². The lowest BCUT2D eigenvalue weighted by Gasteiger charge is -2.27. The van der Waals surface area contributed by atoms with Crippen molar-refractivity contribution in [3.8, 4) is 11.5 Å². The van der Waals surface area contributed by atoms with Gasteiger partial charge in [-0.2, -0.15) is 5.10 Å². The summed E-state index contributed by atoms with van der Waals surface area (Å²) in [7, 11) is 3.82. The molecule has 0 bridgehead atoms. The molecule has 4 heterocycles. The Bertz CT molecular complexity index is 1210. The molecule has 3 aromatic heterocycles. The van der Waals surface area contributed by atoms with Gasteiger partial charge in [0.25, 0.3) is 5.91 Å². The van der Waals surface area contributed by atoms with Crippen molar-refractivity contribution in [3.05, 3.63) is 59.7 Å². The van der Waals surface area contributed by atoms with Crippen molar-refractivity contribution >= 4 is 16.8 Å². The maximum absolute atomic E-state index is 13.1. The normalized spacial score (nSPS) is 13.7. The van der Waals surface area contributed by atoms with Crippen molar-refractivity contribution in [2.75, 3.05) is 6.54 Å². The number of hydrogen-bond donors (Lipinski definition) is 0. The third-order valence-corrected chi connectivity index (χ3v) is 5.27. The van der Waals surface area contributed by atoms with E-state index in [1.807, 2.05) is 58.6 Å². The third kappa shape index (κ3) is 2.57. The van der Waals surface area contributed by atoms with E-state index in [2.05, 4.69) is 20.3 Å². The number of aryl methyl sites for hydroxylation is 2. The Labute approximate surface area is 161 Å². The second kappa shape index (κ2) is 6.26. The molecule has 28 heavy (non-hydrogen) atoms. The van der Waals surface area contributed by atoms with Crippen LogP contribution in [0.3, 0.4) is 0 Å². The van der Waals surface area contributed by atoms with Gasteiger partial charge in [0.2, 0.25) is 0 Å². The summed E-state index contributed by atoms with van der Waals surface area (Å²) in [6.45, 7) is 1.12. The van der Waals surface area contributed by atoms with E-state index < -0.39 is 0 Å². The highest BCUT2D eigenvalue weighted by Crippen LogP contribution is 2.29. The summed E-state index contributed by atoms with van der Waals surface area (Å²) in [6, 6.07) is 11.6. The number of benzene rings is 1. The summed E-state index contributed by atoms with van der Waals surface area (Å²) in [6.07, 6.45) is 2.40. The Morgan fingerprint density at radius 1 is 1.11 bits per heavy atom. The van der Waals surface area contributed by atoms with Crippen LogP contribution in [0.4, 0.5) is 0 Å². The van der Waals surface area contributed by atoms with Gasteiger partial charge in [0.05, 0.1) is 12.1 Å². The first-order chi connectivity index (χ1) is 13.6. The summed E-state index contributed by atoms with van der Waals surface area (Å²) in [5.74, 6) is 0.638. The van der Waals surface area contributed by atoms with Crippen molar-refractivity contribution < 1.29 is 4.79 Å². The average Bonchev–Trinajstić information content (AvgIpc) is 3.29. The van der Waals surface area contributed by atoms with Crippen LogP contribution in [0.15, 0.2) is 42.7 Å². The van der Waals surface area contributed by atoms with Crippen LogP contribution in [-0.2, 0) is 27.1 Å². The second-order valence-corrected chi connectivity index (χ2v) is 7.03. The molecule has 0 saturated carbocycles. The van der Waals surface area contributed by atoms with Crippen molar-refractivity contribution in [3.63, 3.8) is 0 Å². The highest BCUT2D eigenvalue weighted by Gasteiger charge is 2.29. The molecule has 8 nitrogen and oxygen atoms in total. The molecule has 1 aliphatic heterocycles. The Balaban J connectivity index is 1.49. The Kier molecular flexibility index (Phi) is 3.71. The maximum atomic E-state index is 13.1. The van der Waals surface area contributed by atoms with E-state index in [0.29, 0.717) is 24.6 Å². The fourth-order valence-corrected chi connectivity index (χ4v) is 3.79. The fraction of sp³-hybridized carbons (Fsp3) is 0.250. The van der Waals surface area contributed by atoms with Crippen molar-refractivity contribution in [2.24, 2.45) is 14.1 Å². The minimum Gasteiger partial charge on any atom is -0.332 e. The number of para-hydroxylation sites is 1. The predicted octanol–water partition coefficient (Wildman–Crippen LogP) is 1.96. The van der Waals surface area contributed by atoms with Crippen molar-refractivity contribution in [1.29, 1.82) is 0 Å². The highest BCUT2D eigenvalue weighted by molar-refractivity contribution is 5.95. The van der Waals surface area contributed by atoms with Gasteiger partial charge < -0.3 is 9.47 Å². The molecule has 1 amide bonds. The first-order valence-corrected chi connectivity index (χ1v) is 9.16. The molecule has 0 N–H and O–H groups in total. The number of nitrogens with zero attached hydrogens (tertiary/aromatic N) is 7. The number of hydrogen-bond acceptors (Lipinski definition) is 5. The molecule has 140 valence electrons. The zero-order valence-electron chi connectivity index (χ0n) is 15.7. The number of carbonyl (C=O) groups is 1. The lowest BCUT2D eigenvalue weighted by molar-refractivity contribution is 0.0728. The van der Waals surface area contributed by atoms with Crippen LogP contribution in [0.25, 0.3) is 22.4 Å². The van der Waals surface area contributed by atoms with Gasteiger partial charge in [-0.3, -0.25) is 9.48 Å². The smallest absolute Gasteiger partial charge is 0.272 e. The van der Waals surface area contributed by atoms with E-state index in [-0.39, 0.29) is 5.91 Å². The monoisotopic (exact) mass is 373 g/mol. The van der Waals surface area contributed by atoms with E-state index in [9.17, 15) is 4.79 Å². The van der Waals surface area contributed by atoms with Crippen LogP contribution < -0.4 is 0 Å². The molecule has 0 radical (unpaired) electrons. The SMILES string of the molecule is Cn1cnnc1-c1nn(C)c2c1CN(C(=O)c1ccc3ccccc3n1)CC2. The third-order valence-electron chi connectivity index (χ3n) is 5.27. The largest absolute Gasteiger partial charge is 0.332 e. The van der Waals surface area contributed by atoms with Gasteiger partial charge >= 0.3 is 0 Å². The van der Waals surface area contributed by atoms with E-state index in [1.165, 1.54) is 0 Å². The van der Waals surface area contributed by atoms with Crippen LogP contribution in [0.2, 0.25) is 0 Å². The van der Waals surface area contributed by atoms with Crippen LogP contribution in [0.5, 0.6) is 0 Å². The van der Waals surface area contributed by atoms with Crippen molar-refractivity contribution in [1.82, 2.24) is 34.4 Å². The van der Waals surface area contributed by atoms with E-state index in [4.69, 9.17) is 0 Å². The summed E-state index contributed by atoms with van der Waals surface area (Å²) in [4.78, 5) is 19.5. The molecule has 5 rings (SSSR count).